The van der Waals surface area contributed by atoms with Crippen molar-refractivity contribution in [3.63, 3.8) is 0 Å². The zero-order valence-electron chi connectivity index (χ0n) is 11.4. The van der Waals surface area contributed by atoms with E-state index in [-0.39, 0.29) is 17.9 Å². The number of halogens is 2. The van der Waals surface area contributed by atoms with Gasteiger partial charge >= 0.3 is 0 Å². The summed E-state index contributed by atoms with van der Waals surface area (Å²) < 4.78 is 26.2. The van der Waals surface area contributed by atoms with Gasteiger partial charge in [-0.05, 0) is 35.7 Å². The maximum absolute atomic E-state index is 13.4. The van der Waals surface area contributed by atoms with Gasteiger partial charge in [0.05, 0.1) is 6.42 Å². The molecule has 110 valence electrons. The Morgan fingerprint density at radius 2 is 1.81 bits per heavy atom. The summed E-state index contributed by atoms with van der Waals surface area (Å²) in [6.07, 6.45) is 0.561. The summed E-state index contributed by atoms with van der Waals surface area (Å²) in [4.78, 5) is 11.7. The van der Waals surface area contributed by atoms with Crippen LogP contribution in [-0.2, 0) is 17.6 Å². The molecule has 0 aromatic heterocycles. The minimum atomic E-state index is -0.705. The Bertz CT molecular complexity index is 627. The molecule has 3 N–H and O–H groups in total. The molecular formula is C16H16F2N2O. The molecule has 5 heteroatoms. The average molecular weight is 290 g/mol. The molecule has 0 saturated carbocycles. The molecule has 0 unspecified atom stereocenters. The molecule has 0 atom stereocenters. The number of amides is 1. The number of hydrogen-bond acceptors (Lipinski definition) is 2. The molecule has 2 aromatic rings. The predicted molar refractivity (Wildman–Crippen MR) is 77.6 cm³/mol. The van der Waals surface area contributed by atoms with Crippen molar-refractivity contribution in [3.8, 4) is 0 Å². The number of hydrogen-bond donors (Lipinski definition) is 2. The van der Waals surface area contributed by atoms with E-state index in [1.807, 2.05) is 12.1 Å². The molecule has 0 spiro atoms. The lowest BCUT2D eigenvalue weighted by Crippen LogP contribution is -2.27. The highest BCUT2D eigenvalue weighted by Gasteiger charge is 2.08. The summed E-state index contributed by atoms with van der Waals surface area (Å²) in [5, 5.41) is 2.71. The first-order chi connectivity index (χ1) is 10.0. The molecule has 0 saturated heterocycles. The van der Waals surface area contributed by atoms with Gasteiger partial charge in [0.15, 0.2) is 0 Å². The third kappa shape index (κ3) is 4.56. The van der Waals surface area contributed by atoms with Crippen LogP contribution in [0.3, 0.4) is 0 Å². The average Bonchev–Trinajstić information content (AvgIpc) is 2.44. The topological polar surface area (TPSA) is 55.1 Å². The van der Waals surface area contributed by atoms with Gasteiger partial charge in [0, 0.05) is 18.3 Å². The molecule has 0 bridgehead atoms. The molecule has 1 amide bonds. The molecule has 0 radical (unpaired) electrons. The van der Waals surface area contributed by atoms with Crippen molar-refractivity contribution in [1.29, 1.82) is 0 Å². The number of rotatable bonds is 5. The summed E-state index contributed by atoms with van der Waals surface area (Å²) in [7, 11) is 0. The molecule has 0 aliphatic rings. The van der Waals surface area contributed by atoms with Crippen LogP contribution in [0.1, 0.15) is 11.1 Å². The van der Waals surface area contributed by atoms with Crippen molar-refractivity contribution < 1.29 is 13.6 Å². The van der Waals surface area contributed by atoms with Crippen molar-refractivity contribution in [2.45, 2.75) is 12.8 Å². The first-order valence-corrected chi connectivity index (χ1v) is 6.59. The smallest absolute Gasteiger partial charge is 0.224 e. The zero-order chi connectivity index (χ0) is 15.2. The van der Waals surface area contributed by atoms with E-state index in [2.05, 4.69) is 5.32 Å². The number of benzene rings is 2. The Kier molecular flexibility index (Phi) is 4.87. The molecule has 0 heterocycles. The second kappa shape index (κ2) is 6.83. The fraction of sp³-hybridized carbons (Fsp3) is 0.188. The zero-order valence-corrected chi connectivity index (χ0v) is 11.4. The number of carbonyl (C=O) groups is 1. The Balaban J connectivity index is 1.81. The van der Waals surface area contributed by atoms with Crippen molar-refractivity contribution in [2.24, 2.45) is 0 Å². The van der Waals surface area contributed by atoms with Gasteiger partial charge in [-0.3, -0.25) is 4.79 Å². The largest absolute Gasteiger partial charge is 0.399 e. The second-order valence-corrected chi connectivity index (χ2v) is 4.75. The van der Waals surface area contributed by atoms with Crippen LogP contribution in [0.25, 0.3) is 0 Å². The van der Waals surface area contributed by atoms with Crippen molar-refractivity contribution in [2.75, 3.05) is 12.3 Å². The standard InChI is InChI=1S/C16H16F2N2O/c17-13-4-3-12(15(18)10-13)9-16(21)20-8-7-11-1-5-14(19)6-2-11/h1-6,10H,7-9,19H2,(H,20,21). The second-order valence-electron chi connectivity index (χ2n) is 4.75. The third-order valence-electron chi connectivity index (χ3n) is 3.08. The Labute approximate surface area is 121 Å². The molecular weight excluding hydrogens is 274 g/mol. The van der Waals surface area contributed by atoms with E-state index < -0.39 is 11.6 Å². The van der Waals surface area contributed by atoms with E-state index in [0.29, 0.717) is 18.7 Å². The molecule has 0 aliphatic heterocycles. The van der Waals surface area contributed by atoms with E-state index in [1.54, 1.807) is 12.1 Å². The van der Waals surface area contributed by atoms with Crippen LogP contribution in [0.5, 0.6) is 0 Å². The minimum absolute atomic E-state index is 0.103. The summed E-state index contributed by atoms with van der Waals surface area (Å²) in [5.74, 6) is -1.65. The van der Waals surface area contributed by atoms with E-state index in [9.17, 15) is 13.6 Å². The normalized spacial score (nSPS) is 10.4. The lowest BCUT2D eigenvalue weighted by Gasteiger charge is -2.06. The quantitative estimate of drug-likeness (QED) is 0.831. The van der Waals surface area contributed by atoms with Gasteiger partial charge in [0.1, 0.15) is 11.6 Å². The van der Waals surface area contributed by atoms with Crippen LogP contribution < -0.4 is 11.1 Å². The highest BCUT2D eigenvalue weighted by Crippen LogP contribution is 2.10. The Hall–Kier alpha value is -2.43. The molecule has 2 rings (SSSR count). The first-order valence-electron chi connectivity index (χ1n) is 6.59. The predicted octanol–water partition coefficient (Wildman–Crippen LogP) is 2.45. The van der Waals surface area contributed by atoms with Crippen LogP contribution in [0.15, 0.2) is 42.5 Å². The Morgan fingerprint density at radius 3 is 2.48 bits per heavy atom. The molecule has 0 aliphatic carbocycles. The SMILES string of the molecule is Nc1ccc(CCNC(=O)Cc2ccc(F)cc2F)cc1. The van der Waals surface area contributed by atoms with E-state index in [1.165, 1.54) is 6.07 Å². The van der Waals surface area contributed by atoms with Crippen molar-refractivity contribution in [1.82, 2.24) is 5.32 Å². The van der Waals surface area contributed by atoms with Gasteiger partial charge in [0.25, 0.3) is 0 Å². The van der Waals surface area contributed by atoms with Crippen LogP contribution >= 0.6 is 0 Å². The molecule has 21 heavy (non-hydrogen) atoms. The number of nitrogens with two attached hydrogens (primary N) is 1. The van der Waals surface area contributed by atoms with Crippen molar-refractivity contribution in [3.05, 3.63) is 65.2 Å². The maximum Gasteiger partial charge on any atom is 0.224 e. The minimum Gasteiger partial charge on any atom is -0.399 e. The van der Waals surface area contributed by atoms with Crippen LogP contribution in [0.4, 0.5) is 14.5 Å². The van der Waals surface area contributed by atoms with Crippen molar-refractivity contribution >= 4 is 11.6 Å². The highest BCUT2D eigenvalue weighted by molar-refractivity contribution is 5.78. The van der Waals surface area contributed by atoms with Gasteiger partial charge < -0.3 is 11.1 Å². The van der Waals surface area contributed by atoms with Crippen LogP contribution in [-0.4, -0.2) is 12.5 Å². The lowest BCUT2D eigenvalue weighted by atomic mass is 10.1. The third-order valence-corrected chi connectivity index (χ3v) is 3.08. The number of anilines is 1. The summed E-state index contributed by atoms with van der Waals surface area (Å²) in [6, 6.07) is 10.6. The van der Waals surface area contributed by atoms with Gasteiger partial charge in [0.2, 0.25) is 5.91 Å². The lowest BCUT2D eigenvalue weighted by molar-refractivity contribution is -0.120. The summed E-state index contributed by atoms with van der Waals surface area (Å²) >= 11 is 0. The fourth-order valence-electron chi connectivity index (χ4n) is 1.93. The van der Waals surface area contributed by atoms with Gasteiger partial charge in [-0.15, -0.1) is 0 Å². The van der Waals surface area contributed by atoms with E-state index in [0.717, 1.165) is 17.7 Å². The number of nitrogens with one attached hydrogen (secondary N) is 1. The van der Waals surface area contributed by atoms with E-state index >= 15 is 0 Å². The first kappa shape index (κ1) is 15.0. The monoisotopic (exact) mass is 290 g/mol. The highest BCUT2D eigenvalue weighted by atomic mass is 19.1. The molecule has 3 nitrogen and oxygen atoms in total. The molecule has 2 aromatic carbocycles. The van der Waals surface area contributed by atoms with Gasteiger partial charge in [-0.1, -0.05) is 18.2 Å². The fourth-order valence-corrected chi connectivity index (χ4v) is 1.93. The Morgan fingerprint density at radius 1 is 1.10 bits per heavy atom. The summed E-state index contributed by atoms with van der Waals surface area (Å²) in [5.41, 5.74) is 7.51. The number of carbonyl (C=O) groups excluding carboxylic acids is 1. The molecule has 0 fully saturated rings. The van der Waals surface area contributed by atoms with Gasteiger partial charge in [-0.2, -0.15) is 0 Å². The van der Waals surface area contributed by atoms with E-state index in [4.69, 9.17) is 5.73 Å². The van der Waals surface area contributed by atoms with Crippen LogP contribution in [0.2, 0.25) is 0 Å². The maximum atomic E-state index is 13.4. The van der Waals surface area contributed by atoms with Crippen LogP contribution in [0, 0.1) is 11.6 Å². The number of nitrogen functional groups attached to an aromatic ring is 1. The van der Waals surface area contributed by atoms with Gasteiger partial charge in [-0.25, -0.2) is 8.78 Å². The summed E-state index contributed by atoms with van der Waals surface area (Å²) in [6.45, 7) is 0.450.